The van der Waals surface area contributed by atoms with Crippen LogP contribution in [-0.2, 0) is 4.74 Å². The lowest BCUT2D eigenvalue weighted by atomic mass is 9.97. The van der Waals surface area contributed by atoms with E-state index in [4.69, 9.17) is 10.5 Å². The molecular weight excluding hydrogens is 232 g/mol. The van der Waals surface area contributed by atoms with Crippen molar-refractivity contribution in [3.63, 3.8) is 0 Å². The lowest BCUT2D eigenvalue weighted by Gasteiger charge is -2.37. The number of methoxy groups -OCH3 is 1. The van der Waals surface area contributed by atoms with Crippen LogP contribution in [0.3, 0.4) is 0 Å². The van der Waals surface area contributed by atoms with Gasteiger partial charge in [-0.2, -0.15) is 0 Å². The van der Waals surface area contributed by atoms with Gasteiger partial charge in [-0.3, -0.25) is 4.90 Å². The molecule has 2 unspecified atom stereocenters. The van der Waals surface area contributed by atoms with Gasteiger partial charge in [0.2, 0.25) is 0 Å². The summed E-state index contributed by atoms with van der Waals surface area (Å²) in [7, 11) is 1.79. The van der Waals surface area contributed by atoms with Crippen LogP contribution in [0.15, 0.2) is 17.5 Å². The van der Waals surface area contributed by atoms with Crippen molar-refractivity contribution in [3.05, 3.63) is 22.4 Å². The number of ether oxygens (including phenoxy) is 1. The summed E-state index contributed by atoms with van der Waals surface area (Å²) in [5.41, 5.74) is 5.95. The molecule has 0 radical (unpaired) electrons. The molecule has 1 aliphatic rings. The van der Waals surface area contributed by atoms with Crippen molar-refractivity contribution in [2.75, 3.05) is 33.4 Å². The molecule has 0 bridgehead atoms. The van der Waals surface area contributed by atoms with Gasteiger partial charge in [0, 0.05) is 25.1 Å². The molecule has 1 saturated heterocycles. The van der Waals surface area contributed by atoms with E-state index in [0.29, 0.717) is 18.5 Å². The van der Waals surface area contributed by atoms with Crippen molar-refractivity contribution in [1.29, 1.82) is 0 Å². The SMILES string of the molecule is COCC1CCCN(C(CN)c2cccs2)C1. The summed E-state index contributed by atoms with van der Waals surface area (Å²) in [4.78, 5) is 3.92. The van der Waals surface area contributed by atoms with E-state index in [-0.39, 0.29) is 0 Å². The average Bonchev–Trinajstić information content (AvgIpc) is 2.85. The minimum atomic E-state index is 0.398. The fourth-order valence-corrected chi connectivity index (χ4v) is 3.55. The van der Waals surface area contributed by atoms with E-state index in [0.717, 1.165) is 13.2 Å². The van der Waals surface area contributed by atoms with E-state index in [9.17, 15) is 0 Å². The molecule has 3 nitrogen and oxygen atoms in total. The molecule has 2 N–H and O–H groups in total. The summed E-state index contributed by atoms with van der Waals surface area (Å²) in [5, 5.41) is 2.13. The normalized spacial score (nSPS) is 23.8. The Morgan fingerprint density at radius 1 is 1.65 bits per heavy atom. The van der Waals surface area contributed by atoms with Crippen LogP contribution in [0.25, 0.3) is 0 Å². The Morgan fingerprint density at radius 2 is 2.53 bits per heavy atom. The molecule has 4 heteroatoms. The fraction of sp³-hybridized carbons (Fsp3) is 0.692. The maximum atomic E-state index is 5.95. The van der Waals surface area contributed by atoms with Gasteiger partial charge in [0.25, 0.3) is 0 Å². The smallest absolute Gasteiger partial charge is 0.0564 e. The lowest BCUT2D eigenvalue weighted by Crippen LogP contribution is -2.41. The average molecular weight is 254 g/mol. The van der Waals surface area contributed by atoms with Crippen LogP contribution in [0.1, 0.15) is 23.8 Å². The molecule has 1 fully saturated rings. The third kappa shape index (κ3) is 3.28. The van der Waals surface area contributed by atoms with Crippen LogP contribution in [0.5, 0.6) is 0 Å². The van der Waals surface area contributed by atoms with Crippen molar-refractivity contribution < 1.29 is 4.74 Å². The standard InChI is InChI=1S/C13H22N2OS/c1-16-10-11-4-2-6-15(9-11)12(8-14)13-5-3-7-17-13/h3,5,7,11-12H,2,4,6,8-10,14H2,1H3. The van der Waals surface area contributed by atoms with Crippen LogP contribution < -0.4 is 5.73 Å². The van der Waals surface area contributed by atoms with Crippen molar-refractivity contribution in [2.45, 2.75) is 18.9 Å². The maximum Gasteiger partial charge on any atom is 0.0564 e. The fourth-order valence-electron chi connectivity index (χ4n) is 2.68. The number of nitrogens with zero attached hydrogens (tertiary/aromatic N) is 1. The minimum Gasteiger partial charge on any atom is -0.384 e. The highest BCUT2D eigenvalue weighted by Crippen LogP contribution is 2.28. The van der Waals surface area contributed by atoms with Gasteiger partial charge >= 0.3 is 0 Å². The van der Waals surface area contributed by atoms with Gasteiger partial charge in [0.1, 0.15) is 0 Å². The zero-order chi connectivity index (χ0) is 12.1. The van der Waals surface area contributed by atoms with Crippen LogP contribution in [0, 0.1) is 5.92 Å². The second kappa shape index (κ2) is 6.50. The van der Waals surface area contributed by atoms with Gasteiger partial charge in [-0.25, -0.2) is 0 Å². The second-order valence-corrected chi connectivity index (χ2v) is 5.70. The Hall–Kier alpha value is -0.420. The Bertz CT molecular complexity index is 313. The minimum absolute atomic E-state index is 0.398. The summed E-state index contributed by atoms with van der Waals surface area (Å²) < 4.78 is 5.28. The lowest BCUT2D eigenvalue weighted by molar-refractivity contribution is 0.0705. The third-order valence-corrected chi connectivity index (χ3v) is 4.46. The van der Waals surface area contributed by atoms with Crippen LogP contribution in [0.2, 0.25) is 0 Å². The molecule has 96 valence electrons. The molecule has 0 aromatic carbocycles. The molecule has 2 atom stereocenters. The molecule has 0 saturated carbocycles. The first-order valence-corrected chi connectivity index (χ1v) is 7.19. The third-order valence-electron chi connectivity index (χ3n) is 3.49. The molecule has 2 rings (SSSR count). The number of nitrogens with two attached hydrogens (primary N) is 1. The molecule has 17 heavy (non-hydrogen) atoms. The van der Waals surface area contributed by atoms with E-state index in [1.165, 1.54) is 24.3 Å². The van der Waals surface area contributed by atoms with Crippen molar-refractivity contribution in [2.24, 2.45) is 11.7 Å². The quantitative estimate of drug-likeness (QED) is 0.874. The molecule has 1 aromatic rings. The summed E-state index contributed by atoms with van der Waals surface area (Å²) >= 11 is 1.81. The van der Waals surface area contributed by atoms with Crippen molar-refractivity contribution in [1.82, 2.24) is 4.90 Å². The summed E-state index contributed by atoms with van der Waals surface area (Å²) in [6.45, 7) is 3.87. The number of piperidine rings is 1. The highest BCUT2D eigenvalue weighted by molar-refractivity contribution is 7.10. The zero-order valence-electron chi connectivity index (χ0n) is 10.5. The van der Waals surface area contributed by atoms with Gasteiger partial charge in [0.05, 0.1) is 12.6 Å². The summed E-state index contributed by atoms with van der Waals surface area (Å²) in [5.74, 6) is 0.669. The molecule has 0 aliphatic carbocycles. The molecule has 0 amide bonds. The van der Waals surface area contributed by atoms with E-state index in [1.807, 2.05) is 11.3 Å². The van der Waals surface area contributed by atoms with Gasteiger partial charge in [-0.15, -0.1) is 11.3 Å². The number of rotatable bonds is 5. The summed E-state index contributed by atoms with van der Waals surface area (Å²) in [6, 6.07) is 4.70. The van der Waals surface area contributed by atoms with E-state index in [2.05, 4.69) is 22.4 Å². The molecule has 1 aliphatic heterocycles. The summed E-state index contributed by atoms with van der Waals surface area (Å²) in [6.07, 6.45) is 2.54. The molecular formula is C13H22N2OS. The van der Waals surface area contributed by atoms with E-state index in [1.54, 1.807) is 7.11 Å². The molecule has 0 spiro atoms. The predicted octanol–water partition coefficient (Wildman–Crippen LogP) is 2.11. The second-order valence-electron chi connectivity index (χ2n) is 4.73. The number of hydrogen-bond donors (Lipinski definition) is 1. The Morgan fingerprint density at radius 3 is 3.18 bits per heavy atom. The first kappa shape index (κ1) is 13.0. The van der Waals surface area contributed by atoms with Gasteiger partial charge in [0.15, 0.2) is 0 Å². The predicted molar refractivity (Wildman–Crippen MR) is 72.3 cm³/mol. The van der Waals surface area contributed by atoms with Crippen LogP contribution in [0.4, 0.5) is 0 Å². The topological polar surface area (TPSA) is 38.5 Å². The maximum absolute atomic E-state index is 5.95. The molecule has 1 aromatic heterocycles. The first-order valence-electron chi connectivity index (χ1n) is 6.31. The van der Waals surface area contributed by atoms with Gasteiger partial charge in [-0.05, 0) is 36.8 Å². The Kier molecular flexibility index (Phi) is 4.98. The highest BCUT2D eigenvalue weighted by atomic mass is 32.1. The van der Waals surface area contributed by atoms with Crippen LogP contribution >= 0.6 is 11.3 Å². The van der Waals surface area contributed by atoms with Crippen molar-refractivity contribution >= 4 is 11.3 Å². The van der Waals surface area contributed by atoms with Gasteiger partial charge in [-0.1, -0.05) is 6.07 Å². The van der Waals surface area contributed by atoms with Gasteiger partial charge < -0.3 is 10.5 Å². The van der Waals surface area contributed by atoms with E-state index >= 15 is 0 Å². The Balaban J connectivity index is 1.99. The monoisotopic (exact) mass is 254 g/mol. The van der Waals surface area contributed by atoms with Crippen LogP contribution in [-0.4, -0.2) is 38.3 Å². The first-order chi connectivity index (χ1) is 8.35. The number of likely N-dealkylation sites (tertiary alicyclic amines) is 1. The highest BCUT2D eigenvalue weighted by Gasteiger charge is 2.26. The largest absolute Gasteiger partial charge is 0.384 e. The molecule has 2 heterocycles. The zero-order valence-corrected chi connectivity index (χ0v) is 11.3. The number of hydrogen-bond acceptors (Lipinski definition) is 4. The number of thiophene rings is 1. The van der Waals surface area contributed by atoms with E-state index < -0.39 is 0 Å². The van der Waals surface area contributed by atoms with Crippen molar-refractivity contribution in [3.8, 4) is 0 Å². The Labute approximate surface area is 108 Å².